The zero-order valence-electron chi connectivity index (χ0n) is 37.1. The van der Waals surface area contributed by atoms with Gasteiger partial charge in [-0.2, -0.15) is 0 Å². The van der Waals surface area contributed by atoms with Gasteiger partial charge in [0.1, 0.15) is 12.1 Å². The highest BCUT2D eigenvalue weighted by molar-refractivity contribution is 7.47. The van der Waals surface area contributed by atoms with E-state index >= 15 is 0 Å². The summed E-state index contributed by atoms with van der Waals surface area (Å²) in [5, 5.41) is 8.90. The van der Waals surface area contributed by atoms with Crippen LogP contribution >= 0.6 is 7.82 Å². The van der Waals surface area contributed by atoms with Crippen molar-refractivity contribution in [3.05, 3.63) is 36.5 Å². The van der Waals surface area contributed by atoms with Crippen LogP contribution in [-0.4, -0.2) is 60.5 Å². The second-order valence-electron chi connectivity index (χ2n) is 15.9. The lowest BCUT2D eigenvalue weighted by Gasteiger charge is -2.20. The van der Waals surface area contributed by atoms with Gasteiger partial charge in [-0.3, -0.25) is 18.6 Å². The van der Waals surface area contributed by atoms with Gasteiger partial charge in [0.15, 0.2) is 0 Å². The molecule has 340 valence electrons. The summed E-state index contributed by atoms with van der Waals surface area (Å²) in [5.74, 6) is -1.78. The minimum Gasteiger partial charge on any atom is -0.480 e. The van der Waals surface area contributed by atoms with E-state index in [0.717, 1.165) is 51.4 Å². The van der Waals surface area contributed by atoms with Crippen LogP contribution in [0.4, 0.5) is 0 Å². The third kappa shape index (κ3) is 42.3. The minimum atomic E-state index is -4.62. The van der Waals surface area contributed by atoms with Crippen molar-refractivity contribution >= 4 is 19.8 Å². The van der Waals surface area contributed by atoms with Gasteiger partial charge in [0.2, 0.25) is 0 Å². The average Bonchev–Trinajstić information content (AvgIpc) is 3.20. The molecular weight excluding hydrogens is 753 g/mol. The minimum absolute atomic E-state index is 0.0131. The second kappa shape index (κ2) is 43.3. The zero-order chi connectivity index (χ0) is 42.6. The molecule has 0 bridgehead atoms. The van der Waals surface area contributed by atoms with E-state index in [1.807, 2.05) is 0 Å². The molecule has 0 spiro atoms. The lowest BCUT2D eigenvalue weighted by molar-refractivity contribution is -0.154. The van der Waals surface area contributed by atoms with E-state index in [1.54, 1.807) is 0 Å². The van der Waals surface area contributed by atoms with E-state index in [2.05, 4.69) is 50.3 Å². The molecule has 11 heteroatoms. The fraction of sp³-hybridized carbons (Fsp3) is 0.830. The monoisotopic (exact) mass is 842 g/mol. The number of aliphatic carboxylic acids is 1. The van der Waals surface area contributed by atoms with E-state index in [4.69, 9.17) is 29.4 Å². The molecule has 58 heavy (non-hydrogen) atoms. The number of rotatable bonds is 45. The van der Waals surface area contributed by atoms with Crippen molar-refractivity contribution in [1.82, 2.24) is 0 Å². The first-order chi connectivity index (χ1) is 28.2. The molecule has 4 N–H and O–H groups in total. The van der Waals surface area contributed by atoms with Gasteiger partial charge >= 0.3 is 19.8 Å². The standard InChI is InChI=1S/C47H88NO9P/c1-3-5-7-9-11-13-15-17-18-19-20-21-22-23-24-25-26-27-29-31-33-35-37-39-46(49)57-44(42-55-58(52,53)56-43-45(48)47(50)51)41-54-40-38-36-34-32-30-28-16-14-12-10-8-6-4-2/h12,14-15,17,19-20,44-45H,3-11,13,16,18,21-43,48H2,1-2H3,(H,50,51)(H,52,53)/b14-12-,17-15-,20-19-. The van der Waals surface area contributed by atoms with Crippen molar-refractivity contribution in [3.8, 4) is 0 Å². The number of hydrogen-bond acceptors (Lipinski definition) is 8. The smallest absolute Gasteiger partial charge is 0.472 e. The van der Waals surface area contributed by atoms with Gasteiger partial charge in [-0.25, -0.2) is 4.57 Å². The predicted octanol–water partition coefficient (Wildman–Crippen LogP) is 13.3. The number of allylic oxidation sites excluding steroid dienone is 6. The molecule has 0 saturated carbocycles. The number of nitrogens with two attached hydrogens (primary N) is 1. The molecule has 0 aliphatic rings. The van der Waals surface area contributed by atoms with Gasteiger partial charge in [0.25, 0.3) is 0 Å². The van der Waals surface area contributed by atoms with Crippen molar-refractivity contribution in [2.75, 3.05) is 26.4 Å². The highest BCUT2D eigenvalue weighted by atomic mass is 31.2. The molecular formula is C47H88NO9P. The number of carboxylic acid groups (broad SMARTS) is 1. The van der Waals surface area contributed by atoms with Crippen LogP contribution in [0.3, 0.4) is 0 Å². The molecule has 0 aliphatic heterocycles. The Morgan fingerprint density at radius 1 is 0.552 bits per heavy atom. The summed E-state index contributed by atoms with van der Waals surface area (Å²) in [7, 11) is -4.62. The summed E-state index contributed by atoms with van der Waals surface area (Å²) in [6.07, 6.45) is 49.1. The molecule has 3 unspecified atom stereocenters. The number of esters is 1. The number of unbranched alkanes of at least 4 members (excludes halogenated alkanes) is 25. The SMILES string of the molecule is CCCCC/C=C\CCCCCCCCOCC(COP(=O)(O)OCC(N)C(=O)O)OC(=O)CCCCCCCCCCCCC/C=C\C/C=C\CCCCCCC. The Bertz CT molecular complexity index is 1070. The van der Waals surface area contributed by atoms with E-state index in [0.29, 0.717) is 13.0 Å². The van der Waals surface area contributed by atoms with Crippen LogP contribution in [0.5, 0.6) is 0 Å². The third-order valence-electron chi connectivity index (χ3n) is 10.1. The summed E-state index contributed by atoms with van der Waals surface area (Å²) in [6.45, 7) is 3.85. The maximum Gasteiger partial charge on any atom is 0.472 e. The van der Waals surface area contributed by atoms with E-state index in [9.17, 15) is 19.0 Å². The van der Waals surface area contributed by atoms with Crippen LogP contribution in [-0.2, 0) is 32.7 Å². The Balaban J connectivity index is 4.14. The van der Waals surface area contributed by atoms with Crippen LogP contribution in [0.25, 0.3) is 0 Å². The number of hydrogen-bond donors (Lipinski definition) is 3. The predicted molar refractivity (Wildman–Crippen MR) is 240 cm³/mol. The zero-order valence-corrected chi connectivity index (χ0v) is 38.0. The molecule has 0 radical (unpaired) electrons. The van der Waals surface area contributed by atoms with Crippen molar-refractivity contribution in [2.45, 2.75) is 225 Å². The van der Waals surface area contributed by atoms with Gasteiger partial charge < -0.3 is 25.2 Å². The molecule has 3 atom stereocenters. The molecule has 0 aromatic rings. The van der Waals surface area contributed by atoms with Crippen LogP contribution < -0.4 is 5.73 Å². The lowest BCUT2D eigenvalue weighted by atomic mass is 10.0. The quantitative estimate of drug-likeness (QED) is 0.0233. The van der Waals surface area contributed by atoms with E-state index in [-0.39, 0.29) is 13.0 Å². The third-order valence-corrected chi connectivity index (χ3v) is 11.1. The largest absolute Gasteiger partial charge is 0.480 e. The highest BCUT2D eigenvalue weighted by Gasteiger charge is 2.27. The Morgan fingerprint density at radius 3 is 1.45 bits per heavy atom. The molecule has 0 amide bonds. The van der Waals surface area contributed by atoms with Gasteiger partial charge in [-0.05, 0) is 70.6 Å². The van der Waals surface area contributed by atoms with Crippen LogP contribution in [0.2, 0.25) is 0 Å². The van der Waals surface area contributed by atoms with Gasteiger partial charge in [0.05, 0.1) is 19.8 Å². The summed E-state index contributed by atoms with van der Waals surface area (Å²) in [5.41, 5.74) is 5.36. The summed E-state index contributed by atoms with van der Waals surface area (Å²) < 4.78 is 33.4. The Labute approximate surface area is 355 Å². The van der Waals surface area contributed by atoms with Gasteiger partial charge in [0, 0.05) is 13.0 Å². The number of phosphoric ester groups is 1. The molecule has 0 rings (SSSR count). The van der Waals surface area contributed by atoms with Crippen molar-refractivity contribution in [3.63, 3.8) is 0 Å². The maximum atomic E-state index is 12.7. The molecule has 0 heterocycles. The second-order valence-corrected chi connectivity index (χ2v) is 17.3. The van der Waals surface area contributed by atoms with Crippen LogP contribution in [0, 0.1) is 0 Å². The molecule has 0 aromatic heterocycles. The Hall–Kier alpha value is -1.81. The summed E-state index contributed by atoms with van der Waals surface area (Å²) >= 11 is 0. The van der Waals surface area contributed by atoms with Gasteiger partial charge in [-0.1, -0.05) is 172 Å². The van der Waals surface area contributed by atoms with E-state index in [1.165, 1.54) is 135 Å². The Kier molecular flexibility index (Phi) is 41.9. The van der Waals surface area contributed by atoms with Crippen molar-refractivity contribution < 1.29 is 42.7 Å². The number of carbonyl (C=O) groups excluding carboxylic acids is 1. The number of phosphoric acid groups is 1. The number of carboxylic acids is 1. The fourth-order valence-corrected chi connectivity index (χ4v) is 7.23. The first kappa shape index (κ1) is 56.2. The van der Waals surface area contributed by atoms with Crippen molar-refractivity contribution in [1.29, 1.82) is 0 Å². The number of carbonyl (C=O) groups is 2. The fourth-order valence-electron chi connectivity index (χ4n) is 6.45. The molecule has 0 aliphatic carbocycles. The molecule has 0 fully saturated rings. The topological polar surface area (TPSA) is 155 Å². The van der Waals surface area contributed by atoms with Crippen molar-refractivity contribution in [2.24, 2.45) is 5.73 Å². The Morgan fingerprint density at radius 2 is 0.948 bits per heavy atom. The lowest BCUT2D eigenvalue weighted by Crippen LogP contribution is -2.34. The first-order valence-corrected chi connectivity index (χ1v) is 25.0. The summed E-state index contributed by atoms with van der Waals surface area (Å²) in [4.78, 5) is 33.6. The highest BCUT2D eigenvalue weighted by Crippen LogP contribution is 2.43. The van der Waals surface area contributed by atoms with E-state index < -0.39 is 45.1 Å². The summed E-state index contributed by atoms with van der Waals surface area (Å²) in [6, 6.07) is -1.47. The van der Waals surface area contributed by atoms with Gasteiger partial charge in [-0.15, -0.1) is 0 Å². The number of ether oxygens (including phenoxy) is 2. The normalized spacial score (nSPS) is 14.1. The molecule has 0 aromatic carbocycles. The van der Waals surface area contributed by atoms with Crippen LogP contribution in [0.15, 0.2) is 36.5 Å². The molecule has 0 saturated heterocycles. The van der Waals surface area contributed by atoms with Crippen LogP contribution in [0.1, 0.15) is 213 Å². The maximum absolute atomic E-state index is 12.7. The average molecular weight is 842 g/mol. The molecule has 10 nitrogen and oxygen atoms in total. The first-order valence-electron chi connectivity index (χ1n) is 23.5.